The van der Waals surface area contributed by atoms with Crippen LogP contribution in [0.15, 0.2) is 61.6 Å². The van der Waals surface area contributed by atoms with Gasteiger partial charge in [0, 0.05) is 41.5 Å². The van der Waals surface area contributed by atoms with Gasteiger partial charge in [0.2, 0.25) is 0 Å². The van der Waals surface area contributed by atoms with Crippen LogP contribution in [-0.4, -0.2) is 42.1 Å². The van der Waals surface area contributed by atoms with Gasteiger partial charge in [0.05, 0.1) is 19.0 Å². The number of pyridine rings is 2. The zero-order chi connectivity index (χ0) is 22.8. The maximum Gasteiger partial charge on any atom is 0.141 e. The summed E-state index contributed by atoms with van der Waals surface area (Å²) in [4.78, 5) is 11.7. The molecule has 0 saturated carbocycles. The van der Waals surface area contributed by atoms with Crippen LogP contribution in [0, 0.1) is 0 Å². The number of benzene rings is 1. The fraction of sp³-hybridized carbons (Fsp3) is 0.259. The van der Waals surface area contributed by atoms with Gasteiger partial charge in [0.25, 0.3) is 0 Å². The summed E-state index contributed by atoms with van der Waals surface area (Å²) >= 11 is 0. The zero-order valence-electron chi connectivity index (χ0n) is 19.1. The lowest BCUT2D eigenvalue weighted by atomic mass is 9.91. The molecule has 33 heavy (non-hydrogen) atoms. The van der Waals surface area contributed by atoms with E-state index in [4.69, 9.17) is 9.72 Å². The molecule has 2 N–H and O–H groups in total. The number of likely N-dealkylation sites (tertiary alicyclic amines) is 1. The van der Waals surface area contributed by atoms with Crippen LogP contribution in [0.25, 0.3) is 23.0 Å². The highest BCUT2D eigenvalue weighted by molar-refractivity contribution is 5.86. The Morgan fingerprint density at radius 2 is 2.03 bits per heavy atom. The zero-order valence-corrected chi connectivity index (χ0v) is 19.1. The molecule has 6 heteroatoms. The molecule has 0 aliphatic carbocycles. The van der Waals surface area contributed by atoms with Gasteiger partial charge in [0.15, 0.2) is 0 Å². The molecule has 1 unspecified atom stereocenters. The number of ether oxygens (including phenoxy) is 1. The van der Waals surface area contributed by atoms with Crippen molar-refractivity contribution in [2.75, 3.05) is 32.6 Å². The summed E-state index contributed by atoms with van der Waals surface area (Å²) in [5, 5.41) is 6.74. The second kappa shape index (κ2) is 9.08. The predicted molar refractivity (Wildman–Crippen MR) is 134 cm³/mol. The fourth-order valence-corrected chi connectivity index (χ4v) is 4.64. The fourth-order valence-electron chi connectivity index (χ4n) is 4.64. The molecule has 1 saturated heterocycles. The minimum absolute atomic E-state index is 0.599. The highest BCUT2D eigenvalue weighted by Crippen LogP contribution is 2.34. The number of fused-ring (bicyclic) bond motifs is 1. The largest absolute Gasteiger partial charge is 0.495 e. The van der Waals surface area contributed by atoms with Crippen molar-refractivity contribution in [3.8, 4) is 17.0 Å². The molecule has 2 aliphatic heterocycles. The normalized spacial score (nSPS) is 17.9. The number of piperidine rings is 1. The first-order valence-electron chi connectivity index (χ1n) is 11.3. The summed E-state index contributed by atoms with van der Waals surface area (Å²) in [6.45, 7) is 6.50. The van der Waals surface area contributed by atoms with Crippen LogP contribution in [0.4, 0.5) is 11.5 Å². The molecule has 0 spiro atoms. The first-order chi connectivity index (χ1) is 16.1. The number of likely N-dealkylation sites (N-methyl/N-ethyl adjacent to an activating group) is 1. The third kappa shape index (κ3) is 4.47. The molecule has 6 nitrogen and oxygen atoms in total. The lowest BCUT2D eigenvalue weighted by Crippen LogP contribution is -2.30. The Bertz CT molecular complexity index is 1200. The standard InChI is InChI=1S/C27H29N5O/c1-18-26-20(10-11-29-18)14-25(22-13-24(33-3)16-28-15-22)31-27(26)30-23-8-6-19(7-9-23)21-5-4-12-32(2)17-21/h6-11,13-16,21,29H,1,4-5,12,17H2,2-3H3,(H,30,31). The average molecular weight is 440 g/mol. The molecule has 3 aromatic rings. The highest BCUT2D eigenvalue weighted by atomic mass is 16.5. The van der Waals surface area contributed by atoms with E-state index in [1.54, 1.807) is 19.5 Å². The number of hydrogen-bond acceptors (Lipinski definition) is 6. The van der Waals surface area contributed by atoms with E-state index in [1.165, 1.54) is 24.9 Å². The van der Waals surface area contributed by atoms with E-state index < -0.39 is 0 Å². The summed E-state index contributed by atoms with van der Waals surface area (Å²) < 4.78 is 5.35. The molecule has 0 radical (unpaired) electrons. The van der Waals surface area contributed by atoms with Crippen molar-refractivity contribution >= 4 is 23.3 Å². The third-order valence-electron chi connectivity index (χ3n) is 6.39. The molecule has 0 bridgehead atoms. The van der Waals surface area contributed by atoms with Gasteiger partial charge in [0.1, 0.15) is 11.6 Å². The number of rotatable bonds is 5. The maximum absolute atomic E-state index is 5.35. The molecule has 168 valence electrons. The van der Waals surface area contributed by atoms with Crippen LogP contribution >= 0.6 is 0 Å². The minimum Gasteiger partial charge on any atom is -0.495 e. The monoisotopic (exact) mass is 439 g/mol. The van der Waals surface area contributed by atoms with Gasteiger partial charge < -0.3 is 20.3 Å². The van der Waals surface area contributed by atoms with Crippen molar-refractivity contribution in [3.63, 3.8) is 0 Å². The molecule has 0 amide bonds. The summed E-state index contributed by atoms with van der Waals surface area (Å²) in [5.41, 5.74) is 6.96. The van der Waals surface area contributed by atoms with E-state index in [0.29, 0.717) is 11.7 Å². The molecule has 2 aliphatic rings. The molecule has 1 aromatic carbocycles. The van der Waals surface area contributed by atoms with E-state index in [2.05, 4.69) is 64.5 Å². The van der Waals surface area contributed by atoms with Gasteiger partial charge in [-0.2, -0.15) is 0 Å². The molecule has 4 heterocycles. The van der Waals surface area contributed by atoms with Crippen LogP contribution in [0.5, 0.6) is 5.75 Å². The van der Waals surface area contributed by atoms with Gasteiger partial charge >= 0.3 is 0 Å². The summed E-state index contributed by atoms with van der Waals surface area (Å²) in [6.07, 6.45) is 9.94. The van der Waals surface area contributed by atoms with Crippen molar-refractivity contribution in [2.24, 2.45) is 0 Å². The Hall–Kier alpha value is -3.64. The van der Waals surface area contributed by atoms with Gasteiger partial charge in [-0.05, 0) is 73.8 Å². The van der Waals surface area contributed by atoms with Crippen molar-refractivity contribution in [3.05, 3.63) is 78.3 Å². The third-order valence-corrected chi connectivity index (χ3v) is 6.39. The molecular weight excluding hydrogens is 410 g/mol. The second-order valence-corrected chi connectivity index (χ2v) is 8.74. The van der Waals surface area contributed by atoms with Crippen LogP contribution in [-0.2, 0) is 0 Å². The quantitative estimate of drug-likeness (QED) is 0.566. The number of nitrogens with one attached hydrogen (secondary N) is 2. The van der Waals surface area contributed by atoms with Crippen LogP contribution in [0.2, 0.25) is 0 Å². The van der Waals surface area contributed by atoms with Crippen molar-refractivity contribution in [1.82, 2.24) is 20.2 Å². The Morgan fingerprint density at radius 3 is 2.82 bits per heavy atom. The smallest absolute Gasteiger partial charge is 0.141 e. The number of methoxy groups -OCH3 is 1. The number of anilines is 2. The first kappa shape index (κ1) is 21.2. The van der Waals surface area contributed by atoms with Crippen LogP contribution < -0.4 is 15.4 Å². The molecule has 2 aromatic heterocycles. The lowest BCUT2D eigenvalue weighted by molar-refractivity contribution is 0.251. The van der Waals surface area contributed by atoms with E-state index in [9.17, 15) is 0 Å². The van der Waals surface area contributed by atoms with Gasteiger partial charge in [-0.1, -0.05) is 18.7 Å². The maximum atomic E-state index is 5.35. The molecule has 1 atom stereocenters. The van der Waals surface area contributed by atoms with E-state index in [1.807, 2.05) is 18.3 Å². The lowest BCUT2D eigenvalue weighted by Gasteiger charge is -2.30. The Labute approximate surface area is 195 Å². The summed E-state index contributed by atoms with van der Waals surface area (Å²) in [7, 11) is 3.85. The SMILES string of the molecule is C=C1NC=Cc2cc(-c3cncc(OC)c3)nc(Nc3ccc(C4CCCN(C)C4)cc3)c21. The highest BCUT2D eigenvalue weighted by Gasteiger charge is 2.20. The second-order valence-electron chi connectivity index (χ2n) is 8.74. The Balaban J connectivity index is 1.48. The van der Waals surface area contributed by atoms with E-state index in [0.717, 1.165) is 46.1 Å². The number of aromatic nitrogens is 2. The Morgan fingerprint density at radius 1 is 1.18 bits per heavy atom. The van der Waals surface area contributed by atoms with Crippen LogP contribution in [0.1, 0.15) is 35.4 Å². The molecule has 5 rings (SSSR count). The summed E-state index contributed by atoms with van der Waals surface area (Å²) in [5.74, 6) is 2.06. The van der Waals surface area contributed by atoms with Gasteiger partial charge in [-0.15, -0.1) is 0 Å². The van der Waals surface area contributed by atoms with Crippen molar-refractivity contribution in [1.29, 1.82) is 0 Å². The molecular formula is C27H29N5O. The molecule has 1 fully saturated rings. The Kier molecular flexibility index (Phi) is 5.84. The van der Waals surface area contributed by atoms with Gasteiger partial charge in [-0.25, -0.2) is 4.98 Å². The van der Waals surface area contributed by atoms with E-state index in [-0.39, 0.29) is 0 Å². The first-order valence-corrected chi connectivity index (χ1v) is 11.3. The average Bonchev–Trinajstić information content (AvgIpc) is 2.84. The summed E-state index contributed by atoms with van der Waals surface area (Å²) in [6, 6.07) is 12.8. The van der Waals surface area contributed by atoms with E-state index >= 15 is 0 Å². The topological polar surface area (TPSA) is 62.3 Å². The predicted octanol–water partition coefficient (Wildman–Crippen LogP) is 5.25. The number of nitrogens with zero attached hydrogens (tertiary/aromatic N) is 3. The number of hydrogen-bond donors (Lipinski definition) is 2. The van der Waals surface area contributed by atoms with Gasteiger partial charge in [-0.3, -0.25) is 4.98 Å². The van der Waals surface area contributed by atoms with Crippen LogP contribution in [0.3, 0.4) is 0 Å². The minimum atomic E-state index is 0.599. The van der Waals surface area contributed by atoms with Crippen molar-refractivity contribution < 1.29 is 4.74 Å². The van der Waals surface area contributed by atoms with Crippen molar-refractivity contribution in [2.45, 2.75) is 18.8 Å².